The number of methoxy groups -OCH3 is 1. The molecule has 0 saturated carbocycles. The molecule has 0 fully saturated rings. The van der Waals surface area contributed by atoms with Crippen molar-refractivity contribution in [3.63, 3.8) is 0 Å². The van der Waals surface area contributed by atoms with Crippen LogP contribution in [0.3, 0.4) is 0 Å². The lowest BCUT2D eigenvalue weighted by molar-refractivity contribution is -0.129. The Morgan fingerprint density at radius 3 is 2.20 bits per heavy atom. The number of carbonyl (C=O) groups excluding carboxylic acids is 4. The molecule has 1 aromatic carbocycles. The van der Waals surface area contributed by atoms with E-state index in [0.29, 0.717) is 31.6 Å². The monoisotopic (exact) mass is 592 g/mol. The van der Waals surface area contributed by atoms with Crippen LogP contribution in [0.15, 0.2) is 29.2 Å². The first-order valence-electron chi connectivity index (χ1n) is 13.2. The van der Waals surface area contributed by atoms with Crippen LogP contribution in [-0.4, -0.2) is 68.2 Å². The van der Waals surface area contributed by atoms with Crippen LogP contribution in [0.4, 0.5) is 9.80 Å². The van der Waals surface area contributed by atoms with E-state index in [9.17, 15) is 27.6 Å². The number of fused-ring (bicyclic) bond motifs is 1. The predicted molar refractivity (Wildman–Crippen MR) is 152 cm³/mol. The summed E-state index contributed by atoms with van der Waals surface area (Å²) in [6.45, 7) is 7.01. The Labute approximate surface area is 238 Å². The first kappa shape index (κ1) is 31.2. The van der Waals surface area contributed by atoms with E-state index in [4.69, 9.17) is 0 Å². The Hall–Kier alpha value is -3.29. The topological polar surface area (TPSA) is 142 Å². The number of unbranched alkanes of at least 4 members (excludes halogenated alkanes) is 2. The number of nitrogens with one attached hydrogen (secondary N) is 2. The second-order valence-electron chi connectivity index (χ2n) is 9.43. The average molecular weight is 593 g/mol. The molecule has 0 radical (unpaired) electrons. The summed E-state index contributed by atoms with van der Waals surface area (Å²) in [6.07, 6.45) is 2.69. The molecule has 0 unspecified atom stereocenters. The summed E-state index contributed by atoms with van der Waals surface area (Å²) in [5.74, 6) is -1.38. The number of hydrogen-bond donors (Lipinski definition) is 2. The normalized spacial score (nSPS) is 13.1. The zero-order chi connectivity index (χ0) is 29.4. The highest BCUT2D eigenvalue weighted by Crippen LogP contribution is 2.37. The minimum atomic E-state index is -3.72. The quantitative estimate of drug-likeness (QED) is 0.402. The van der Waals surface area contributed by atoms with Gasteiger partial charge < -0.3 is 15.0 Å². The maximum atomic E-state index is 13.3. The van der Waals surface area contributed by atoms with Crippen molar-refractivity contribution in [3.05, 3.63) is 45.8 Å². The summed E-state index contributed by atoms with van der Waals surface area (Å²) in [4.78, 5) is 52.2. The van der Waals surface area contributed by atoms with Gasteiger partial charge in [0.05, 0.1) is 24.1 Å². The molecule has 0 bridgehead atoms. The van der Waals surface area contributed by atoms with Gasteiger partial charge in [-0.25, -0.2) is 13.2 Å². The molecule has 1 aliphatic heterocycles. The van der Waals surface area contributed by atoms with Gasteiger partial charge in [0.2, 0.25) is 15.9 Å². The predicted octanol–water partition coefficient (Wildman–Crippen LogP) is 3.99. The van der Waals surface area contributed by atoms with Crippen molar-refractivity contribution >= 4 is 50.2 Å². The van der Waals surface area contributed by atoms with Crippen molar-refractivity contribution in [1.82, 2.24) is 14.5 Å². The van der Waals surface area contributed by atoms with Gasteiger partial charge in [0, 0.05) is 37.0 Å². The number of benzene rings is 1. The molecular formula is C27H36N4O7S2. The lowest BCUT2D eigenvalue weighted by atomic mass is 10.0. The van der Waals surface area contributed by atoms with Gasteiger partial charge in [0.25, 0.3) is 11.8 Å². The van der Waals surface area contributed by atoms with E-state index in [2.05, 4.69) is 15.4 Å². The Balaban J connectivity index is 1.87. The average Bonchev–Trinajstić information content (AvgIpc) is 3.29. The van der Waals surface area contributed by atoms with Crippen LogP contribution in [-0.2, 0) is 32.5 Å². The van der Waals surface area contributed by atoms with Crippen LogP contribution < -0.4 is 10.6 Å². The van der Waals surface area contributed by atoms with Crippen LogP contribution in [0.1, 0.15) is 77.6 Å². The third kappa shape index (κ3) is 7.26. The summed E-state index contributed by atoms with van der Waals surface area (Å²) < 4.78 is 32.5. The van der Waals surface area contributed by atoms with Crippen LogP contribution in [0.2, 0.25) is 0 Å². The summed E-state index contributed by atoms with van der Waals surface area (Å²) in [7, 11) is -2.58. The standard InChI is InChI=1S/C27H36N4O7S2/c1-5-7-14-31(15-8-6-2)40(36,37)20-11-9-19(10-12-20)24(33)28-26-23(25(34)29-27(35)38-4)21-13-16-30(18(3)32)17-22(21)39-26/h9-12H,5-8,13-17H2,1-4H3,(H,28,33)(H,29,34,35). The summed E-state index contributed by atoms with van der Waals surface area (Å²) in [5.41, 5.74) is 0.993. The first-order chi connectivity index (χ1) is 19.0. The largest absolute Gasteiger partial charge is 0.453 e. The highest BCUT2D eigenvalue weighted by atomic mass is 32.2. The molecule has 0 spiro atoms. The van der Waals surface area contributed by atoms with E-state index in [1.807, 2.05) is 13.8 Å². The number of amides is 4. The molecular weight excluding hydrogens is 556 g/mol. The zero-order valence-corrected chi connectivity index (χ0v) is 24.9. The number of ether oxygens (including phenoxy) is 1. The van der Waals surface area contributed by atoms with Crippen molar-refractivity contribution in [3.8, 4) is 0 Å². The van der Waals surface area contributed by atoms with Crippen molar-refractivity contribution in [2.45, 2.75) is 64.3 Å². The van der Waals surface area contributed by atoms with Gasteiger partial charge in [0.15, 0.2) is 0 Å². The molecule has 0 atom stereocenters. The Morgan fingerprint density at radius 1 is 1.02 bits per heavy atom. The van der Waals surface area contributed by atoms with E-state index < -0.39 is 27.9 Å². The summed E-state index contributed by atoms with van der Waals surface area (Å²) in [5, 5.41) is 5.10. The number of alkyl carbamates (subject to hydrolysis) is 1. The highest BCUT2D eigenvalue weighted by Gasteiger charge is 2.31. The molecule has 2 N–H and O–H groups in total. The molecule has 1 aromatic heterocycles. The van der Waals surface area contributed by atoms with Gasteiger partial charge in [-0.1, -0.05) is 26.7 Å². The molecule has 0 aliphatic carbocycles. The summed E-state index contributed by atoms with van der Waals surface area (Å²) >= 11 is 1.15. The van der Waals surface area contributed by atoms with Crippen molar-refractivity contribution < 1.29 is 32.3 Å². The lowest BCUT2D eigenvalue weighted by Gasteiger charge is -2.25. The van der Waals surface area contributed by atoms with Crippen molar-refractivity contribution in [1.29, 1.82) is 0 Å². The fourth-order valence-electron chi connectivity index (χ4n) is 4.33. The summed E-state index contributed by atoms with van der Waals surface area (Å²) in [6, 6.07) is 5.67. The maximum absolute atomic E-state index is 13.3. The third-order valence-electron chi connectivity index (χ3n) is 6.63. The Bertz CT molecular complexity index is 1350. The second-order valence-corrected chi connectivity index (χ2v) is 12.5. The number of carbonyl (C=O) groups is 4. The van der Waals surface area contributed by atoms with Crippen molar-refractivity contribution in [2.75, 3.05) is 32.1 Å². The maximum Gasteiger partial charge on any atom is 0.413 e. The fourth-order valence-corrected chi connectivity index (χ4v) is 7.10. The van der Waals surface area contributed by atoms with Gasteiger partial charge >= 0.3 is 6.09 Å². The fraction of sp³-hybridized carbons (Fsp3) is 0.481. The van der Waals surface area contributed by atoms with E-state index >= 15 is 0 Å². The molecule has 13 heteroatoms. The van der Waals surface area contributed by atoms with Crippen LogP contribution >= 0.6 is 11.3 Å². The van der Waals surface area contributed by atoms with Crippen molar-refractivity contribution in [2.24, 2.45) is 0 Å². The number of hydrogen-bond acceptors (Lipinski definition) is 8. The number of nitrogens with zero attached hydrogens (tertiary/aromatic N) is 2. The minimum Gasteiger partial charge on any atom is -0.453 e. The lowest BCUT2D eigenvalue weighted by Crippen LogP contribution is -2.35. The second kappa shape index (κ2) is 13.9. The van der Waals surface area contributed by atoms with E-state index in [-0.39, 0.29) is 33.5 Å². The number of imide groups is 1. The number of thiophene rings is 1. The zero-order valence-electron chi connectivity index (χ0n) is 23.2. The molecule has 11 nitrogen and oxygen atoms in total. The van der Waals surface area contributed by atoms with E-state index in [1.54, 1.807) is 4.90 Å². The van der Waals surface area contributed by atoms with Gasteiger partial charge in [-0.15, -0.1) is 11.3 Å². The first-order valence-corrected chi connectivity index (χ1v) is 15.5. The molecule has 2 heterocycles. The molecule has 218 valence electrons. The number of sulfonamides is 1. The van der Waals surface area contributed by atoms with Crippen LogP contribution in [0, 0.1) is 0 Å². The van der Waals surface area contributed by atoms with Gasteiger partial charge in [-0.05, 0) is 49.1 Å². The SMILES string of the molecule is CCCCN(CCCC)S(=O)(=O)c1ccc(C(=O)Nc2sc3c(c2C(=O)NC(=O)OC)CCN(C(C)=O)C3)cc1. The molecule has 3 rings (SSSR count). The minimum absolute atomic E-state index is 0.102. The molecule has 4 amide bonds. The molecule has 1 aliphatic rings. The smallest absolute Gasteiger partial charge is 0.413 e. The Kier molecular flexibility index (Phi) is 10.8. The molecule has 2 aromatic rings. The van der Waals surface area contributed by atoms with Gasteiger partial charge in [0.1, 0.15) is 5.00 Å². The number of anilines is 1. The Morgan fingerprint density at radius 2 is 1.65 bits per heavy atom. The van der Waals surface area contributed by atoms with Gasteiger partial charge in [-0.3, -0.25) is 19.7 Å². The molecule has 40 heavy (non-hydrogen) atoms. The van der Waals surface area contributed by atoms with Gasteiger partial charge in [-0.2, -0.15) is 4.31 Å². The third-order valence-corrected chi connectivity index (χ3v) is 9.68. The number of rotatable bonds is 11. The van der Waals surface area contributed by atoms with E-state index in [1.165, 1.54) is 35.5 Å². The van der Waals surface area contributed by atoms with Crippen LogP contribution in [0.5, 0.6) is 0 Å². The van der Waals surface area contributed by atoms with Crippen LogP contribution in [0.25, 0.3) is 0 Å². The molecule has 0 saturated heterocycles. The van der Waals surface area contributed by atoms with E-state index in [0.717, 1.165) is 49.0 Å². The highest BCUT2D eigenvalue weighted by molar-refractivity contribution is 7.89.